The zero-order valence-corrected chi connectivity index (χ0v) is 61.3. The second-order valence-electron chi connectivity index (χ2n) is 26.1. The third-order valence-corrected chi connectivity index (χ3v) is 19.0. The molecule has 6 unspecified atom stereocenters. The van der Waals surface area contributed by atoms with Crippen molar-refractivity contribution in [2.75, 3.05) is 0 Å². The average Bonchev–Trinajstić information content (AvgIpc) is 1.61. The summed E-state index contributed by atoms with van der Waals surface area (Å²) in [4.78, 5) is 43.7. The number of aromatic nitrogens is 8. The van der Waals surface area contributed by atoms with Gasteiger partial charge in [0.1, 0.15) is 12.1 Å². The maximum Gasteiger partial charge on any atom is 2.00 e. The SMILES string of the molecule is CCCCC(CC)Oc1cc2c(cc1OC(CC)CCCC)-c1nc-2nc2[n-]c(nc3nc(nc4[n-]c(n1)c1cc5cc(C#N)c(C#N)cc5cc41)-c1cc(OC(CC)CCCC)c(OC(CC)CCCC)cc1-3)c1cc(OC(CC)CCCC)c(OC(CC)CCCC)cc21.[Mg+2]. The van der Waals surface area contributed by atoms with Gasteiger partial charge in [0.15, 0.2) is 34.5 Å². The number of hydrogen-bond donors (Lipinski definition) is 0. The van der Waals surface area contributed by atoms with E-state index in [1.807, 2.05) is 48.5 Å². The molecule has 0 saturated heterocycles. The minimum Gasteiger partial charge on any atom is -0.487 e. The Balaban J connectivity index is 0.0000110. The predicted molar refractivity (Wildman–Crippen MR) is 392 cm³/mol. The fourth-order valence-electron chi connectivity index (χ4n) is 13.0. The van der Waals surface area contributed by atoms with Gasteiger partial charge in [-0.1, -0.05) is 160 Å². The number of unbranched alkanes of at least 4 members (excludes halogenated alkanes) is 6. The molecular weight excluding hydrogens is 1220 g/mol. The van der Waals surface area contributed by atoms with Gasteiger partial charge < -0.3 is 58.3 Å². The Hall–Kier alpha value is -7.73. The number of nitriles is 2. The van der Waals surface area contributed by atoms with Crippen molar-refractivity contribution in [3.63, 3.8) is 0 Å². The van der Waals surface area contributed by atoms with Gasteiger partial charge in [-0.15, -0.1) is 0 Å². The molecule has 8 bridgehead atoms. The molecule has 5 heterocycles. The quantitative estimate of drug-likeness (QED) is 0.0334. The summed E-state index contributed by atoms with van der Waals surface area (Å²) in [5.74, 6) is 5.09. The fourth-order valence-corrected chi connectivity index (χ4v) is 13.0. The first-order valence-electron chi connectivity index (χ1n) is 36.6. The van der Waals surface area contributed by atoms with E-state index in [4.69, 9.17) is 68.3 Å². The van der Waals surface area contributed by atoms with Gasteiger partial charge >= 0.3 is 23.1 Å². The van der Waals surface area contributed by atoms with Gasteiger partial charge in [0, 0.05) is 44.8 Å². The molecule has 0 radical (unpaired) electrons. The molecule has 0 N–H and O–H groups in total. The summed E-state index contributed by atoms with van der Waals surface area (Å²) in [7, 11) is 0. The van der Waals surface area contributed by atoms with Gasteiger partial charge in [0.25, 0.3) is 0 Å². The first kappa shape index (κ1) is 73.5. The number of fused-ring (bicyclic) bond motifs is 21. The van der Waals surface area contributed by atoms with Crippen LogP contribution in [0.2, 0.25) is 0 Å². The molecular formula is C80H100MgN10O6. The molecule has 97 heavy (non-hydrogen) atoms. The molecule has 10 rings (SSSR count). The normalized spacial score (nSPS) is 13.6. The number of benzene rings is 5. The largest absolute Gasteiger partial charge is 2.00 e. The molecule has 508 valence electrons. The van der Waals surface area contributed by atoms with Crippen LogP contribution in [0.25, 0.3) is 100 Å². The second kappa shape index (κ2) is 35.2. The minimum absolute atomic E-state index is 0. The minimum atomic E-state index is -0.0718. The zero-order valence-electron chi connectivity index (χ0n) is 59.8. The molecule has 6 atom stereocenters. The van der Waals surface area contributed by atoms with Crippen molar-refractivity contribution in [3.05, 3.63) is 71.8 Å². The Morgan fingerprint density at radius 1 is 0.309 bits per heavy atom. The van der Waals surface area contributed by atoms with E-state index < -0.39 is 0 Å². The van der Waals surface area contributed by atoms with Crippen LogP contribution in [0.1, 0.15) is 248 Å². The van der Waals surface area contributed by atoms with Crippen LogP contribution < -0.4 is 38.4 Å². The van der Waals surface area contributed by atoms with Crippen LogP contribution in [0.3, 0.4) is 0 Å². The fraction of sp³-hybridized carbons (Fsp3) is 0.525. The van der Waals surface area contributed by atoms with Crippen LogP contribution in [0.5, 0.6) is 34.5 Å². The third kappa shape index (κ3) is 17.1. The van der Waals surface area contributed by atoms with Gasteiger partial charge in [-0.3, -0.25) is 0 Å². The monoisotopic (exact) mass is 1320 g/mol. The summed E-state index contributed by atoms with van der Waals surface area (Å²) in [6, 6.07) is 24.1. The Labute approximate surface area is 591 Å². The summed E-state index contributed by atoms with van der Waals surface area (Å²) < 4.78 is 42.6. The van der Waals surface area contributed by atoms with E-state index in [0.717, 1.165) is 165 Å². The standard InChI is InChI=1S/C80H100N10O6.Mg/c1-13-25-31-53(19-7)91-67-41-61-63(43-69(67)93-55(21-9)33-27-15-3)77-86-75(61)84-73-59-39-49-37-51(47-81)52(48-82)38-50(49)40-60(59)74(83-73)85-76-62-42-68(92-54(20-8)32-26-14-2)70(94-56(22-10)34-28-16-4)44-64(62)78(87-76)89-80-66-46-72(96-58(24-12)36-30-18-6)71(45-65(66)79(88-77)90-80)95-57(23-11)35-29-17-5;/h37-46,53-58H,13-36H2,1-12H3;/q-2;+2. The summed E-state index contributed by atoms with van der Waals surface area (Å²) in [6.07, 6.45) is 22.1. The number of rotatable bonds is 36. The molecule has 0 amide bonds. The summed E-state index contributed by atoms with van der Waals surface area (Å²) >= 11 is 0. The molecule has 3 aromatic heterocycles. The molecule has 16 nitrogen and oxygen atoms in total. The van der Waals surface area contributed by atoms with E-state index in [2.05, 4.69) is 95.2 Å². The molecule has 0 fully saturated rings. The van der Waals surface area contributed by atoms with E-state index in [-0.39, 0.29) is 70.8 Å². The molecule has 0 spiro atoms. The van der Waals surface area contributed by atoms with Crippen molar-refractivity contribution in [1.29, 1.82) is 10.5 Å². The van der Waals surface area contributed by atoms with Crippen LogP contribution in [0.15, 0.2) is 60.7 Å². The summed E-state index contributed by atoms with van der Waals surface area (Å²) in [6.45, 7) is 26.3. The number of nitrogens with zero attached hydrogens (tertiary/aromatic N) is 10. The van der Waals surface area contributed by atoms with E-state index in [1.54, 1.807) is 12.1 Å². The summed E-state index contributed by atoms with van der Waals surface area (Å²) in [5.41, 5.74) is 4.66. The maximum absolute atomic E-state index is 10.3. The van der Waals surface area contributed by atoms with Crippen molar-refractivity contribution >= 4 is 78.0 Å². The van der Waals surface area contributed by atoms with Gasteiger partial charge in [-0.05, 0) is 170 Å². The van der Waals surface area contributed by atoms with Crippen LogP contribution in [0.4, 0.5) is 0 Å². The molecule has 17 heteroatoms. The Bertz CT molecular complexity index is 4000. The maximum atomic E-state index is 10.3. The average molecular weight is 1320 g/mol. The second-order valence-corrected chi connectivity index (χ2v) is 26.1. The number of hydrogen-bond acceptors (Lipinski definition) is 14. The van der Waals surface area contributed by atoms with Crippen molar-refractivity contribution < 1.29 is 28.4 Å². The van der Waals surface area contributed by atoms with Crippen LogP contribution >= 0.6 is 0 Å². The first-order chi connectivity index (χ1) is 46.9. The molecule has 0 saturated carbocycles. The van der Waals surface area contributed by atoms with Gasteiger partial charge in [-0.25, -0.2) is 9.97 Å². The smallest absolute Gasteiger partial charge is 0.487 e. The third-order valence-electron chi connectivity index (χ3n) is 19.0. The van der Waals surface area contributed by atoms with Crippen molar-refractivity contribution in [2.45, 2.75) is 274 Å². The predicted octanol–water partition coefficient (Wildman–Crippen LogP) is 20.7. The first-order valence-corrected chi connectivity index (χ1v) is 36.6. The molecule has 5 aromatic carbocycles. The van der Waals surface area contributed by atoms with E-state index >= 15 is 0 Å². The van der Waals surface area contributed by atoms with Crippen LogP contribution in [0, 0.1) is 22.7 Å². The molecule has 2 aliphatic rings. The molecule has 0 aliphatic carbocycles. The van der Waals surface area contributed by atoms with E-state index in [1.165, 1.54) is 0 Å². The Morgan fingerprint density at radius 3 is 0.732 bits per heavy atom. The van der Waals surface area contributed by atoms with E-state index in [0.29, 0.717) is 124 Å². The topological polar surface area (TPSA) is 208 Å². The Morgan fingerprint density at radius 2 is 0.526 bits per heavy atom. The number of ether oxygens (including phenoxy) is 6. The zero-order chi connectivity index (χ0) is 67.8. The Kier molecular flexibility index (Phi) is 26.6. The van der Waals surface area contributed by atoms with Crippen LogP contribution in [-0.4, -0.2) is 89.6 Å². The molecule has 8 aromatic rings. The van der Waals surface area contributed by atoms with Crippen molar-refractivity contribution in [3.8, 4) is 92.2 Å². The van der Waals surface area contributed by atoms with Crippen molar-refractivity contribution in [1.82, 2.24) is 39.9 Å². The van der Waals surface area contributed by atoms with Gasteiger partial charge in [0.05, 0.1) is 71.0 Å². The van der Waals surface area contributed by atoms with E-state index in [9.17, 15) is 10.5 Å². The van der Waals surface area contributed by atoms with Crippen LogP contribution in [-0.2, 0) is 0 Å². The van der Waals surface area contributed by atoms with Gasteiger partial charge in [-0.2, -0.15) is 10.5 Å². The molecule has 2 aliphatic heterocycles. The summed E-state index contributed by atoms with van der Waals surface area (Å²) in [5, 5.41) is 24.8. The van der Waals surface area contributed by atoms with Gasteiger partial charge in [0.2, 0.25) is 0 Å². The van der Waals surface area contributed by atoms with Crippen molar-refractivity contribution in [2.24, 2.45) is 0 Å².